The molecule has 0 unspecified atom stereocenters. The van der Waals surface area contributed by atoms with Crippen molar-refractivity contribution in [3.63, 3.8) is 0 Å². The predicted molar refractivity (Wildman–Crippen MR) is 107 cm³/mol. The van der Waals surface area contributed by atoms with Crippen LogP contribution in [0.5, 0.6) is 0 Å². The van der Waals surface area contributed by atoms with Gasteiger partial charge in [0.1, 0.15) is 0 Å². The highest BCUT2D eigenvalue weighted by Crippen LogP contribution is 2.19. The molecule has 0 spiro atoms. The van der Waals surface area contributed by atoms with E-state index in [-0.39, 0.29) is 0 Å². The zero-order chi connectivity index (χ0) is 19.4. The van der Waals surface area contributed by atoms with Gasteiger partial charge in [-0.15, -0.1) is 0 Å². The third-order valence-corrected chi connectivity index (χ3v) is 7.08. The third kappa shape index (κ3) is 4.78. The van der Waals surface area contributed by atoms with E-state index in [2.05, 4.69) is 29.9 Å². The Morgan fingerprint density at radius 1 is 1.00 bits per heavy atom. The Balaban J connectivity index is 1.55. The van der Waals surface area contributed by atoms with Gasteiger partial charge in [0.2, 0.25) is 10.0 Å². The van der Waals surface area contributed by atoms with E-state index >= 15 is 0 Å². The number of hydrogen-bond acceptors (Lipinski definition) is 4. The Hall–Kier alpha value is -1.70. The van der Waals surface area contributed by atoms with Crippen LogP contribution in [0.15, 0.2) is 35.2 Å². The van der Waals surface area contributed by atoms with E-state index in [0.29, 0.717) is 18.0 Å². The second-order valence-electron chi connectivity index (χ2n) is 7.29. The topological polar surface area (TPSA) is 58.4 Å². The minimum absolute atomic E-state index is 0.401. The van der Waals surface area contributed by atoms with Crippen molar-refractivity contribution in [1.29, 1.82) is 0 Å². The molecule has 0 amide bonds. The second kappa shape index (κ2) is 8.54. The van der Waals surface area contributed by atoms with Crippen molar-refractivity contribution >= 4 is 10.0 Å². The van der Waals surface area contributed by atoms with E-state index in [4.69, 9.17) is 0 Å². The van der Waals surface area contributed by atoms with Crippen LogP contribution in [0.1, 0.15) is 30.3 Å². The highest BCUT2D eigenvalue weighted by atomic mass is 32.2. The molecule has 0 saturated carbocycles. The highest BCUT2D eigenvalue weighted by Gasteiger charge is 2.28. The van der Waals surface area contributed by atoms with Gasteiger partial charge in [0.25, 0.3) is 0 Å². The van der Waals surface area contributed by atoms with Crippen LogP contribution in [0, 0.1) is 13.8 Å². The van der Waals surface area contributed by atoms with Gasteiger partial charge in [-0.2, -0.15) is 9.40 Å². The lowest BCUT2D eigenvalue weighted by Crippen LogP contribution is -2.49. The molecule has 0 bridgehead atoms. The summed E-state index contributed by atoms with van der Waals surface area (Å²) in [5, 5.41) is 4.49. The standard InChI is InChI=1S/C20H30N4O2S/c1-4-5-19-6-8-20(9-7-19)27(25,26)23-13-10-22(11-14-23)12-15-24-18(3)16-17(2)21-24/h6-9,16H,4-5,10-15H2,1-3H3. The first-order chi connectivity index (χ1) is 12.9. The van der Waals surface area contributed by atoms with Crippen molar-refractivity contribution in [3.8, 4) is 0 Å². The predicted octanol–water partition coefficient (Wildman–Crippen LogP) is 2.46. The molecule has 1 aromatic heterocycles. The van der Waals surface area contributed by atoms with Gasteiger partial charge < -0.3 is 0 Å². The third-order valence-electron chi connectivity index (χ3n) is 5.16. The van der Waals surface area contributed by atoms with Crippen molar-refractivity contribution in [3.05, 3.63) is 47.3 Å². The van der Waals surface area contributed by atoms with Gasteiger partial charge in [-0.25, -0.2) is 8.42 Å². The smallest absolute Gasteiger partial charge is 0.243 e. The Kier molecular flexibility index (Phi) is 6.34. The fourth-order valence-electron chi connectivity index (χ4n) is 3.60. The molecular weight excluding hydrogens is 360 g/mol. The lowest BCUT2D eigenvalue weighted by atomic mass is 10.1. The molecule has 7 heteroatoms. The molecule has 0 N–H and O–H groups in total. The maximum absolute atomic E-state index is 12.9. The molecule has 1 aliphatic rings. The van der Waals surface area contributed by atoms with E-state index in [1.165, 1.54) is 11.3 Å². The number of rotatable bonds is 7. The zero-order valence-electron chi connectivity index (χ0n) is 16.6. The molecule has 0 aliphatic carbocycles. The molecule has 0 radical (unpaired) electrons. The van der Waals surface area contributed by atoms with Gasteiger partial charge >= 0.3 is 0 Å². The van der Waals surface area contributed by atoms with Crippen molar-refractivity contribution in [2.45, 2.75) is 45.1 Å². The summed E-state index contributed by atoms with van der Waals surface area (Å²) < 4.78 is 29.4. The van der Waals surface area contributed by atoms with Crippen LogP contribution in [0.4, 0.5) is 0 Å². The molecule has 1 saturated heterocycles. The van der Waals surface area contributed by atoms with Crippen LogP contribution in [0.3, 0.4) is 0 Å². The zero-order valence-corrected chi connectivity index (χ0v) is 17.4. The number of aryl methyl sites for hydroxylation is 3. The number of sulfonamides is 1. The molecule has 1 fully saturated rings. The monoisotopic (exact) mass is 390 g/mol. The van der Waals surface area contributed by atoms with Gasteiger partial charge in [0, 0.05) is 38.4 Å². The average Bonchev–Trinajstić information content (AvgIpc) is 2.98. The summed E-state index contributed by atoms with van der Waals surface area (Å²) in [7, 11) is -3.40. The van der Waals surface area contributed by atoms with Crippen molar-refractivity contribution in [2.75, 3.05) is 32.7 Å². The Labute approximate surface area is 162 Å². The first-order valence-corrected chi connectivity index (χ1v) is 11.2. The molecule has 6 nitrogen and oxygen atoms in total. The number of nitrogens with zero attached hydrogens (tertiary/aromatic N) is 4. The van der Waals surface area contributed by atoms with E-state index in [9.17, 15) is 8.42 Å². The summed E-state index contributed by atoms with van der Waals surface area (Å²) in [5.41, 5.74) is 3.39. The van der Waals surface area contributed by atoms with Gasteiger partial charge in [-0.3, -0.25) is 9.58 Å². The molecule has 27 heavy (non-hydrogen) atoms. The van der Waals surface area contributed by atoms with Crippen LogP contribution < -0.4 is 0 Å². The molecule has 3 rings (SSSR count). The maximum Gasteiger partial charge on any atom is 0.243 e. The van der Waals surface area contributed by atoms with E-state index in [0.717, 1.165) is 44.7 Å². The second-order valence-corrected chi connectivity index (χ2v) is 9.23. The van der Waals surface area contributed by atoms with E-state index < -0.39 is 10.0 Å². The van der Waals surface area contributed by atoms with Crippen LogP contribution in [0.25, 0.3) is 0 Å². The molecule has 148 valence electrons. The lowest BCUT2D eigenvalue weighted by Gasteiger charge is -2.34. The number of hydrogen-bond donors (Lipinski definition) is 0. The SMILES string of the molecule is CCCc1ccc(S(=O)(=O)N2CCN(CCn3nc(C)cc3C)CC2)cc1. The van der Waals surface area contributed by atoms with Crippen molar-refractivity contribution in [1.82, 2.24) is 19.0 Å². The van der Waals surface area contributed by atoms with Crippen molar-refractivity contribution in [2.24, 2.45) is 0 Å². The maximum atomic E-state index is 12.9. The quantitative estimate of drug-likeness (QED) is 0.729. The fraction of sp³-hybridized carbons (Fsp3) is 0.550. The Bertz CT molecular complexity index is 851. The Morgan fingerprint density at radius 3 is 2.22 bits per heavy atom. The highest BCUT2D eigenvalue weighted by molar-refractivity contribution is 7.89. The van der Waals surface area contributed by atoms with Crippen LogP contribution in [-0.4, -0.2) is 60.1 Å². The summed E-state index contributed by atoms with van der Waals surface area (Å²) in [6.07, 6.45) is 2.04. The normalized spacial score (nSPS) is 16.7. The number of benzene rings is 1. The van der Waals surface area contributed by atoms with E-state index in [1.807, 2.05) is 23.7 Å². The van der Waals surface area contributed by atoms with Gasteiger partial charge in [0.05, 0.1) is 17.1 Å². The van der Waals surface area contributed by atoms with Gasteiger partial charge in [-0.1, -0.05) is 25.5 Å². The van der Waals surface area contributed by atoms with Gasteiger partial charge in [-0.05, 0) is 44.0 Å². The van der Waals surface area contributed by atoms with Crippen LogP contribution in [-0.2, 0) is 23.0 Å². The van der Waals surface area contributed by atoms with Gasteiger partial charge in [0.15, 0.2) is 0 Å². The first-order valence-electron chi connectivity index (χ1n) is 9.72. The minimum atomic E-state index is -3.40. The molecular formula is C20H30N4O2S. The molecule has 1 aliphatic heterocycles. The summed E-state index contributed by atoms with van der Waals surface area (Å²) in [6.45, 7) is 10.5. The summed E-state index contributed by atoms with van der Waals surface area (Å²) >= 11 is 0. The average molecular weight is 391 g/mol. The molecule has 0 atom stereocenters. The minimum Gasteiger partial charge on any atom is -0.299 e. The number of piperazine rings is 1. The fourth-order valence-corrected chi connectivity index (χ4v) is 5.02. The molecule has 1 aromatic carbocycles. The first kappa shape index (κ1) is 20.0. The lowest BCUT2D eigenvalue weighted by molar-refractivity contribution is 0.180. The van der Waals surface area contributed by atoms with Crippen molar-refractivity contribution < 1.29 is 8.42 Å². The van der Waals surface area contributed by atoms with Crippen LogP contribution in [0.2, 0.25) is 0 Å². The van der Waals surface area contributed by atoms with E-state index in [1.54, 1.807) is 16.4 Å². The van der Waals surface area contributed by atoms with Crippen LogP contribution >= 0.6 is 0 Å². The summed E-state index contributed by atoms with van der Waals surface area (Å²) in [5.74, 6) is 0. The molecule has 2 heterocycles. The summed E-state index contributed by atoms with van der Waals surface area (Å²) in [4.78, 5) is 2.71. The largest absolute Gasteiger partial charge is 0.299 e. The molecule has 2 aromatic rings. The number of aromatic nitrogens is 2. The summed E-state index contributed by atoms with van der Waals surface area (Å²) in [6, 6.07) is 9.43. The Morgan fingerprint density at radius 2 is 1.67 bits per heavy atom.